The molecule has 1 unspecified atom stereocenters. The van der Waals surface area contributed by atoms with E-state index in [0.29, 0.717) is 11.1 Å². The minimum Gasteiger partial charge on any atom is -0.395 e. The summed E-state index contributed by atoms with van der Waals surface area (Å²) in [6.07, 6.45) is 0. The molecule has 47 heavy (non-hydrogen) atoms. The molecule has 0 bridgehead atoms. The molecule has 272 valence electrons. The van der Waals surface area contributed by atoms with Crippen molar-refractivity contribution in [2.75, 3.05) is 19.8 Å². The van der Waals surface area contributed by atoms with E-state index in [9.17, 15) is 20.4 Å². The third-order valence-electron chi connectivity index (χ3n) is 8.34. The van der Waals surface area contributed by atoms with E-state index < -0.39 is 48.0 Å². The van der Waals surface area contributed by atoms with Gasteiger partial charge in [-0.15, -0.1) is 0 Å². The highest BCUT2D eigenvalue weighted by Crippen LogP contribution is 2.55. The standard InChI is InChI=1S/C35H56O4.H4O5P2.H3P/c1-22-15-24(30(3,4)5)28(25(16-22)31(6,7)8)35(39,34(19-36,20-37)21-38)29-26(32(9,10)11)17-23(2)18-27(29)33(12,13)14;1-6(2)5-7(3)4;/h15-18,36-39H,19-21H2,1-14H3;1-4H;1H3. The Hall–Kier alpha value is -0.630. The first-order valence-corrected chi connectivity index (χ1v) is 17.8. The summed E-state index contributed by atoms with van der Waals surface area (Å²) in [5.74, 6) is 0. The van der Waals surface area contributed by atoms with E-state index >= 15 is 0 Å². The van der Waals surface area contributed by atoms with Crippen LogP contribution in [0.15, 0.2) is 24.3 Å². The summed E-state index contributed by atoms with van der Waals surface area (Å²) < 4.78 is 3.60. The summed E-state index contributed by atoms with van der Waals surface area (Å²) in [4.78, 5) is 31.3. The zero-order valence-corrected chi connectivity index (χ0v) is 34.2. The molecule has 0 saturated heterocycles. The SMILES string of the molecule is Cc1cc(C(C)(C)C)c(C(O)(c2c(C(C)(C)C)cc(C)cc2C(C)(C)C)C(CO)(CO)CO)c(C(C)(C)C)c1.OP(O)OP(O)O.P. The molecule has 12 heteroatoms. The van der Waals surface area contributed by atoms with Gasteiger partial charge >= 0.3 is 17.2 Å². The molecule has 0 fully saturated rings. The van der Waals surface area contributed by atoms with Crippen LogP contribution in [0.25, 0.3) is 0 Å². The van der Waals surface area contributed by atoms with E-state index in [4.69, 9.17) is 19.6 Å². The highest BCUT2D eigenvalue weighted by molar-refractivity contribution is 7.53. The molecule has 2 aromatic carbocycles. The van der Waals surface area contributed by atoms with Gasteiger partial charge in [-0.2, -0.15) is 9.90 Å². The number of hydrogen-bond acceptors (Lipinski definition) is 9. The molecule has 0 aromatic heterocycles. The average Bonchev–Trinajstić information content (AvgIpc) is 2.86. The van der Waals surface area contributed by atoms with Gasteiger partial charge in [0.05, 0.1) is 25.2 Å². The molecule has 8 N–H and O–H groups in total. The topological polar surface area (TPSA) is 171 Å². The van der Waals surface area contributed by atoms with Crippen LogP contribution in [0.3, 0.4) is 0 Å². The predicted molar refractivity (Wildman–Crippen MR) is 199 cm³/mol. The number of aliphatic hydroxyl groups is 4. The predicted octanol–water partition coefficient (Wildman–Crippen LogP) is 6.18. The Bertz CT molecular complexity index is 1150. The molecule has 2 rings (SSSR count). The highest BCUT2D eigenvalue weighted by atomic mass is 31.2. The van der Waals surface area contributed by atoms with Gasteiger partial charge in [-0.1, -0.05) is 118 Å². The Morgan fingerprint density at radius 3 is 0.851 bits per heavy atom. The maximum Gasteiger partial charge on any atom is 0.334 e. The van der Waals surface area contributed by atoms with Crippen LogP contribution in [0.5, 0.6) is 0 Å². The van der Waals surface area contributed by atoms with E-state index in [1.54, 1.807) is 0 Å². The molecule has 0 saturated carbocycles. The maximum atomic E-state index is 13.7. The van der Waals surface area contributed by atoms with Gasteiger partial charge in [-0.3, -0.25) is 0 Å². The van der Waals surface area contributed by atoms with Crippen LogP contribution in [0.1, 0.15) is 128 Å². The van der Waals surface area contributed by atoms with Crippen molar-refractivity contribution in [1.29, 1.82) is 0 Å². The van der Waals surface area contributed by atoms with Gasteiger partial charge in [0.25, 0.3) is 0 Å². The van der Waals surface area contributed by atoms with Gasteiger partial charge in [0.2, 0.25) is 0 Å². The third kappa shape index (κ3) is 10.7. The maximum absolute atomic E-state index is 13.7. The summed E-state index contributed by atoms with van der Waals surface area (Å²) in [5.41, 5.74) is 2.15. The minimum atomic E-state index is -2.61. The van der Waals surface area contributed by atoms with Crippen molar-refractivity contribution in [3.63, 3.8) is 0 Å². The van der Waals surface area contributed by atoms with Crippen molar-refractivity contribution >= 4 is 27.1 Å². The van der Waals surface area contributed by atoms with Crippen molar-refractivity contribution in [3.05, 3.63) is 68.8 Å². The van der Waals surface area contributed by atoms with Crippen LogP contribution in [0, 0.1) is 19.3 Å². The summed E-state index contributed by atoms with van der Waals surface area (Å²) in [7, 11) is -5.22. The number of aryl methyl sites for hydroxylation is 2. The van der Waals surface area contributed by atoms with Crippen molar-refractivity contribution in [3.8, 4) is 0 Å². The third-order valence-corrected chi connectivity index (χ3v) is 9.51. The summed E-state index contributed by atoms with van der Waals surface area (Å²) in [5, 5.41) is 46.9. The fraction of sp³-hybridized carbons (Fsp3) is 0.657. The Morgan fingerprint density at radius 1 is 0.511 bits per heavy atom. The van der Waals surface area contributed by atoms with Crippen LogP contribution in [0.4, 0.5) is 0 Å². The van der Waals surface area contributed by atoms with E-state index in [1.165, 1.54) is 0 Å². The molecule has 2 aromatic rings. The van der Waals surface area contributed by atoms with Crippen LogP contribution in [-0.2, 0) is 31.6 Å². The number of hydrogen-bond donors (Lipinski definition) is 8. The number of benzene rings is 2. The molecular weight excluding hydrogens is 657 g/mol. The van der Waals surface area contributed by atoms with Crippen molar-refractivity contribution in [1.82, 2.24) is 0 Å². The van der Waals surface area contributed by atoms with Gasteiger partial charge < -0.3 is 40.0 Å². The monoisotopic (exact) mass is 720 g/mol. The normalized spacial score (nSPS) is 13.4. The van der Waals surface area contributed by atoms with Crippen molar-refractivity contribution in [2.45, 2.75) is 124 Å². The van der Waals surface area contributed by atoms with Gasteiger partial charge in [-0.25, -0.2) is 4.31 Å². The Labute approximate surface area is 289 Å². The Balaban J connectivity index is 0.00000237. The Morgan fingerprint density at radius 2 is 0.723 bits per heavy atom. The van der Waals surface area contributed by atoms with Gasteiger partial charge in [0.15, 0.2) is 0 Å². The highest BCUT2D eigenvalue weighted by Gasteiger charge is 2.57. The lowest BCUT2D eigenvalue weighted by Gasteiger charge is -2.52. The van der Waals surface area contributed by atoms with Gasteiger partial charge in [0, 0.05) is 0 Å². The fourth-order valence-electron chi connectivity index (χ4n) is 5.93. The number of rotatable bonds is 8. The molecule has 9 nitrogen and oxygen atoms in total. The quantitative estimate of drug-likeness (QED) is 0.149. The Kier molecular flexibility index (Phi) is 16.4. The molecule has 0 aliphatic carbocycles. The molecule has 0 spiro atoms. The first kappa shape index (κ1) is 46.4. The average molecular weight is 721 g/mol. The second-order valence-electron chi connectivity index (χ2n) is 16.5. The summed E-state index contributed by atoms with van der Waals surface area (Å²) >= 11 is 0. The van der Waals surface area contributed by atoms with E-state index in [1.807, 2.05) is 0 Å². The molecular formula is C35H63O9P3. The second kappa shape index (κ2) is 16.6. The molecule has 0 radical (unpaired) electrons. The van der Waals surface area contributed by atoms with Crippen LogP contribution in [-0.4, -0.2) is 59.8 Å². The molecule has 1 atom stereocenters. The lowest BCUT2D eigenvalue weighted by molar-refractivity contribution is -0.138. The number of aliphatic hydroxyl groups excluding tert-OH is 3. The van der Waals surface area contributed by atoms with Crippen LogP contribution >= 0.6 is 27.1 Å². The van der Waals surface area contributed by atoms with Crippen molar-refractivity contribution in [2.24, 2.45) is 5.41 Å². The fourth-order valence-corrected chi connectivity index (χ4v) is 6.45. The van der Waals surface area contributed by atoms with E-state index in [0.717, 1.165) is 33.4 Å². The molecule has 0 aliphatic heterocycles. The van der Waals surface area contributed by atoms with Gasteiger partial charge in [-0.05, 0) is 68.9 Å². The zero-order chi connectivity index (χ0) is 36.4. The van der Waals surface area contributed by atoms with E-state index in [2.05, 4.69) is 126 Å². The van der Waals surface area contributed by atoms with Crippen LogP contribution in [0.2, 0.25) is 0 Å². The zero-order valence-electron chi connectivity index (χ0n) is 31.0. The van der Waals surface area contributed by atoms with Gasteiger partial charge in [0.1, 0.15) is 5.60 Å². The summed E-state index contributed by atoms with van der Waals surface area (Å²) in [6, 6.07) is 8.48. The lowest BCUT2D eigenvalue weighted by Crippen LogP contribution is -2.57. The summed E-state index contributed by atoms with van der Waals surface area (Å²) in [6.45, 7) is 27.9. The lowest BCUT2D eigenvalue weighted by atomic mass is 9.56. The first-order valence-electron chi connectivity index (χ1n) is 15.5. The largest absolute Gasteiger partial charge is 0.395 e. The molecule has 0 heterocycles. The molecule has 0 aliphatic rings. The van der Waals surface area contributed by atoms with E-state index in [-0.39, 0.29) is 31.6 Å². The van der Waals surface area contributed by atoms with Crippen LogP contribution < -0.4 is 0 Å². The first-order chi connectivity index (χ1) is 20.5. The second-order valence-corrected chi connectivity index (χ2v) is 18.2. The smallest absolute Gasteiger partial charge is 0.334 e. The minimum absolute atomic E-state index is 0. The molecule has 0 amide bonds. The van der Waals surface area contributed by atoms with Crippen molar-refractivity contribution < 1.29 is 44.3 Å².